The Balaban J connectivity index is 2.52. The van der Waals surface area contributed by atoms with E-state index in [1.54, 1.807) is 12.1 Å². The second-order valence-electron chi connectivity index (χ2n) is 3.69. The summed E-state index contributed by atoms with van der Waals surface area (Å²) in [5.41, 5.74) is 11.3. The Hall–Kier alpha value is -1.46. The molecular formula is C11H16FN3O. The van der Waals surface area contributed by atoms with Crippen LogP contribution < -0.4 is 16.8 Å². The lowest BCUT2D eigenvalue weighted by molar-refractivity contribution is -0.119. The SMILES string of the molecule is C[C@@H](NCC(N)C(N)=O)c1cccc(F)c1. The van der Waals surface area contributed by atoms with Gasteiger partial charge in [0.15, 0.2) is 0 Å². The van der Waals surface area contributed by atoms with Crippen LogP contribution in [0.15, 0.2) is 24.3 Å². The zero-order valence-electron chi connectivity index (χ0n) is 9.11. The Labute approximate surface area is 93.8 Å². The summed E-state index contributed by atoms with van der Waals surface area (Å²) in [5.74, 6) is -0.843. The lowest BCUT2D eigenvalue weighted by Gasteiger charge is -2.16. The van der Waals surface area contributed by atoms with Crippen LogP contribution in [0.3, 0.4) is 0 Å². The molecule has 2 atom stereocenters. The van der Waals surface area contributed by atoms with Crippen molar-refractivity contribution in [3.05, 3.63) is 35.6 Å². The van der Waals surface area contributed by atoms with Crippen molar-refractivity contribution in [2.75, 3.05) is 6.54 Å². The summed E-state index contributed by atoms with van der Waals surface area (Å²) in [4.78, 5) is 10.7. The molecule has 16 heavy (non-hydrogen) atoms. The van der Waals surface area contributed by atoms with Gasteiger partial charge in [0, 0.05) is 12.6 Å². The van der Waals surface area contributed by atoms with Crippen LogP contribution in [0, 0.1) is 5.82 Å². The second-order valence-corrected chi connectivity index (χ2v) is 3.69. The van der Waals surface area contributed by atoms with Crippen LogP contribution in [-0.4, -0.2) is 18.5 Å². The number of rotatable bonds is 5. The maximum absolute atomic E-state index is 12.9. The van der Waals surface area contributed by atoms with Gasteiger partial charge in [0.1, 0.15) is 5.82 Å². The lowest BCUT2D eigenvalue weighted by atomic mass is 10.1. The van der Waals surface area contributed by atoms with Gasteiger partial charge < -0.3 is 16.8 Å². The molecule has 5 N–H and O–H groups in total. The van der Waals surface area contributed by atoms with Gasteiger partial charge in [-0.15, -0.1) is 0 Å². The van der Waals surface area contributed by atoms with Gasteiger partial charge in [0.2, 0.25) is 5.91 Å². The zero-order valence-corrected chi connectivity index (χ0v) is 9.11. The first-order valence-electron chi connectivity index (χ1n) is 5.04. The summed E-state index contributed by atoms with van der Waals surface area (Å²) in [6.07, 6.45) is 0. The number of amides is 1. The van der Waals surface area contributed by atoms with Crippen molar-refractivity contribution in [3.8, 4) is 0 Å². The van der Waals surface area contributed by atoms with E-state index < -0.39 is 11.9 Å². The number of hydrogen-bond acceptors (Lipinski definition) is 3. The first kappa shape index (κ1) is 12.6. The Morgan fingerprint density at radius 1 is 1.56 bits per heavy atom. The van der Waals surface area contributed by atoms with E-state index in [1.807, 2.05) is 6.92 Å². The van der Waals surface area contributed by atoms with E-state index in [-0.39, 0.29) is 18.4 Å². The third kappa shape index (κ3) is 3.60. The van der Waals surface area contributed by atoms with Crippen LogP contribution in [0.1, 0.15) is 18.5 Å². The van der Waals surface area contributed by atoms with Crippen molar-refractivity contribution in [3.63, 3.8) is 0 Å². The fourth-order valence-electron chi connectivity index (χ4n) is 1.30. The van der Waals surface area contributed by atoms with Crippen molar-refractivity contribution < 1.29 is 9.18 Å². The summed E-state index contributed by atoms with van der Waals surface area (Å²) in [7, 11) is 0. The van der Waals surface area contributed by atoms with Gasteiger partial charge in [-0.05, 0) is 24.6 Å². The van der Waals surface area contributed by atoms with Crippen molar-refractivity contribution in [2.45, 2.75) is 19.0 Å². The predicted molar refractivity (Wildman–Crippen MR) is 60.0 cm³/mol. The highest BCUT2D eigenvalue weighted by Gasteiger charge is 2.11. The van der Waals surface area contributed by atoms with Crippen LogP contribution in [-0.2, 0) is 4.79 Å². The van der Waals surface area contributed by atoms with Crippen molar-refractivity contribution >= 4 is 5.91 Å². The van der Waals surface area contributed by atoms with Crippen LogP contribution in [0.5, 0.6) is 0 Å². The van der Waals surface area contributed by atoms with Crippen LogP contribution in [0.25, 0.3) is 0 Å². The van der Waals surface area contributed by atoms with Gasteiger partial charge in [-0.2, -0.15) is 0 Å². The largest absolute Gasteiger partial charge is 0.368 e. The molecule has 0 spiro atoms. The van der Waals surface area contributed by atoms with Crippen molar-refractivity contribution in [2.24, 2.45) is 11.5 Å². The molecule has 0 aliphatic heterocycles. The smallest absolute Gasteiger partial charge is 0.235 e. The molecule has 4 nitrogen and oxygen atoms in total. The molecule has 0 fully saturated rings. The maximum Gasteiger partial charge on any atom is 0.235 e. The maximum atomic E-state index is 12.9. The molecule has 1 unspecified atom stereocenters. The van der Waals surface area contributed by atoms with Crippen molar-refractivity contribution in [1.29, 1.82) is 0 Å². The highest BCUT2D eigenvalue weighted by atomic mass is 19.1. The van der Waals surface area contributed by atoms with E-state index >= 15 is 0 Å². The molecule has 1 amide bonds. The highest BCUT2D eigenvalue weighted by Crippen LogP contribution is 2.12. The van der Waals surface area contributed by atoms with E-state index in [2.05, 4.69) is 5.32 Å². The van der Waals surface area contributed by atoms with E-state index in [0.29, 0.717) is 0 Å². The number of benzene rings is 1. The summed E-state index contributed by atoms with van der Waals surface area (Å²) >= 11 is 0. The minimum atomic E-state index is -0.726. The van der Waals surface area contributed by atoms with E-state index in [0.717, 1.165) is 5.56 Å². The molecule has 5 heteroatoms. The normalized spacial score (nSPS) is 14.4. The van der Waals surface area contributed by atoms with Crippen LogP contribution in [0.2, 0.25) is 0 Å². The number of nitrogens with one attached hydrogen (secondary N) is 1. The van der Waals surface area contributed by atoms with Crippen LogP contribution >= 0.6 is 0 Å². The number of primary amides is 1. The zero-order chi connectivity index (χ0) is 12.1. The molecule has 0 bridgehead atoms. The Bertz CT molecular complexity index is 370. The molecule has 0 aliphatic rings. The monoisotopic (exact) mass is 225 g/mol. The first-order chi connectivity index (χ1) is 7.50. The minimum absolute atomic E-state index is 0.0823. The molecular weight excluding hydrogens is 209 g/mol. The average molecular weight is 225 g/mol. The molecule has 0 saturated heterocycles. The van der Waals surface area contributed by atoms with Gasteiger partial charge >= 0.3 is 0 Å². The number of halogens is 1. The fraction of sp³-hybridized carbons (Fsp3) is 0.364. The van der Waals surface area contributed by atoms with E-state index in [9.17, 15) is 9.18 Å². The third-order valence-electron chi connectivity index (χ3n) is 2.36. The highest BCUT2D eigenvalue weighted by molar-refractivity contribution is 5.79. The van der Waals surface area contributed by atoms with E-state index in [4.69, 9.17) is 11.5 Å². The Morgan fingerprint density at radius 2 is 2.25 bits per heavy atom. The lowest BCUT2D eigenvalue weighted by Crippen LogP contribution is -2.44. The quantitative estimate of drug-likeness (QED) is 0.673. The third-order valence-corrected chi connectivity index (χ3v) is 2.36. The molecule has 88 valence electrons. The fourth-order valence-corrected chi connectivity index (χ4v) is 1.30. The molecule has 1 aromatic carbocycles. The predicted octanol–water partition coefficient (Wildman–Crippen LogP) is 0.289. The summed E-state index contributed by atoms with van der Waals surface area (Å²) in [6.45, 7) is 2.13. The molecule has 0 radical (unpaired) electrons. The Morgan fingerprint density at radius 3 is 2.81 bits per heavy atom. The van der Waals surface area contributed by atoms with Gasteiger partial charge in [-0.1, -0.05) is 12.1 Å². The molecule has 0 aliphatic carbocycles. The van der Waals surface area contributed by atoms with Gasteiger partial charge in [-0.25, -0.2) is 4.39 Å². The topological polar surface area (TPSA) is 81.1 Å². The second kappa shape index (κ2) is 5.58. The standard InChI is InChI=1S/C11H16FN3O/c1-7(15-6-10(13)11(14)16)8-3-2-4-9(12)5-8/h2-5,7,10,15H,6,13H2,1H3,(H2,14,16)/t7-,10?/m1/s1. The molecule has 0 heterocycles. The molecule has 0 aromatic heterocycles. The number of hydrogen-bond donors (Lipinski definition) is 3. The molecule has 0 saturated carbocycles. The van der Waals surface area contributed by atoms with Gasteiger partial charge in [0.25, 0.3) is 0 Å². The van der Waals surface area contributed by atoms with Gasteiger partial charge in [0.05, 0.1) is 6.04 Å². The molecule has 1 aromatic rings. The Kier molecular flexibility index (Phi) is 4.39. The summed E-state index contributed by atoms with van der Waals surface area (Å²) in [6, 6.07) is 5.45. The van der Waals surface area contributed by atoms with Crippen LogP contribution in [0.4, 0.5) is 4.39 Å². The summed E-state index contributed by atoms with van der Waals surface area (Å²) < 4.78 is 12.9. The first-order valence-corrected chi connectivity index (χ1v) is 5.04. The van der Waals surface area contributed by atoms with E-state index in [1.165, 1.54) is 12.1 Å². The number of carbonyl (C=O) groups is 1. The van der Waals surface area contributed by atoms with Crippen molar-refractivity contribution in [1.82, 2.24) is 5.32 Å². The van der Waals surface area contributed by atoms with Gasteiger partial charge in [-0.3, -0.25) is 4.79 Å². The number of carbonyl (C=O) groups excluding carboxylic acids is 1. The average Bonchev–Trinajstić information content (AvgIpc) is 2.25. The summed E-state index contributed by atoms with van der Waals surface area (Å²) in [5, 5.41) is 3.01. The minimum Gasteiger partial charge on any atom is -0.368 e. The molecule has 1 rings (SSSR count). The number of nitrogens with two attached hydrogens (primary N) is 2.